The zero-order valence-corrected chi connectivity index (χ0v) is 63.4. The zero-order valence-electron chi connectivity index (χ0n) is 61.6. The quantitative estimate of drug-likeness (QED) is 0.0222. The predicted octanol–water partition coefficient (Wildman–Crippen LogP) is 21.7. The Morgan fingerprint density at radius 2 is 0.511 bits per heavy atom. The third-order valence-electron chi connectivity index (χ3n) is 17.7. The van der Waals surface area contributed by atoms with Crippen LogP contribution in [0, 0.1) is 23.7 Å². The van der Waals surface area contributed by atoms with E-state index >= 15 is 0 Å². The predicted molar refractivity (Wildman–Crippen MR) is 381 cm³/mol. The Balaban J connectivity index is 5.22. The van der Waals surface area contributed by atoms with E-state index in [1.54, 1.807) is 0 Å². The molecule has 0 heterocycles. The Morgan fingerprint density at radius 3 is 0.755 bits per heavy atom. The summed E-state index contributed by atoms with van der Waals surface area (Å²) in [4.78, 5) is 72.7. The van der Waals surface area contributed by atoms with E-state index in [1.807, 2.05) is 0 Å². The molecule has 0 aromatic rings. The van der Waals surface area contributed by atoms with Gasteiger partial charge < -0.3 is 33.8 Å². The van der Waals surface area contributed by atoms with Crippen molar-refractivity contribution in [2.75, 3.05) is 39.6 Å². The first kappa shape index (κ1) is 92.1. The normalized spacial score (nSPS) is 14.4. The minimum absolute atomic E-state index is 0.106. The molecule has 19 heteroatoms. The monoisotopic (exact) mass is 1380 g/mol. The Hall–Kier alpha value is -1.94. The fourth-order valence-corrected chi connectivity index (χ4v) is 12.9. The Kier molecular flexibility index (Phi) is 63.1. The van der Waals surface area contributed by atoms with E-state index in [-0.39, 0.29) is 25.7 Å². The number of phosphoric ester groups is 2. The van der Waals surface area contributed by atoms with Gasteiger partial charge in [0, 0.05) is 25.7 Å². The van der Waals surface area contributed by atoms with Crippen molar-refractivity contribution in [1.29, 1.82) is 0 Å². The first-order chi connectivity index (χ1) is 45.1. The number of rotatable bonds is 72. The molecule has 558 valence electrons. The molecule has 0 aromatic carbocycles. The van der Waals surface area contributed by atoms with Gasteiger partial charge in [0.1, 0.15) is 19.3 Å². The van der Waals surface area contributed by atoms with Gasteiger partial charge in [0.15, 0.2) is 12.2 Å². The molecule has 3 N–H and O–H groups in total. The number of aliphatic hydroxyl groups is 1. The number of carbonyl (C=O) groups excluding carboxylic acids is 4. The minimum Gasteiger partial charge on any atom is -0.462 e. The summed E-state index contributed by atoms with van der Waals surface area (Å²) >= 11 is 0. The molecule has 0 spiro atoms. The van der Waals surface area contributed by atoms with Crippen LogP contribution in [0.4, 0.5) is 0 Å². The van der Waals surface area contributed by atoms with E-state index in [1.165, 1.54) is 167 Å². The van der Waals surface area contributed by atoms with Crippen LogP contribution in [0.15, 0.2) is 0 Å². The lowest BCUT2D eigenvalue weighted by Gasteiger charge is -2.21. The molecular formula is C75H146O17P2. The molecule has 0 fully saturated rings. The molecule has 0 radical (unpaired) electrons. The molecule has 0 bridgehead atoms. The van der Waals surface area contributed by atoms with Crippen LogP contribution in [-0.4, -0.2) is 96.7 Å². The van der Waals surface area contributed by atoms with Crippen molar-refractivity contribution < 1.29 is 80.2 Å². The smallest absolute Gasteiger partial charge is 0.462 e. The highest BCUT2D eigenvalue weighted by Crippen LogP contribution is 2.45. The van der Waals surface area contributed by atoms with Crippen LogP contribution in [0.2, 0.25) is 0 Å². The van der Waals surface area contributed by atoms with Gasteiger partial charge in [0.05, 0.1) is 26.4 Å². The summed E-state index contributed by atoms with van der Waals surface area (Å²) in [5, 5.41) is 10.6. The summed E-state index contributed by atoms with van der Waals surface area (Å²) < 4.78 is 68.5. The summed E-state index contributed by atoms with van der Waals surface area (Å²) in [5.74, 6) is 0.919. The molecule has 0 aliphatic heterocycles. The fourth-order valence-electron chi connectivity index (χ4n) is 11.3. The van der Waals surface area contributed by atoms with E-state index in [9.17, 15) is 43.2 Å². The van der Waals surface area contributed by atoms with Crippen LogP contribution in [-0.2, 0) is 65.4 Å². The maximum absolute atomic E-state index is 13.1. The van der Waals surface area contributed by atoms with Gasteiger partial charge in [-0.05, 0) is 49.4 Å². The lowest BCUT2D eigenvalue weighted by Crippen LogP contribution is -2.30. The highest BCUT2D eigenvalue weighted by Gasteiger charge is 2.30. The Bertz CT molecular complexity index is 1850. The number of hydrogen-bond acceptors (Lipinski definition) is 15. The molecule has 94 heavy (non-hydrogen) atoms. The average molecular weight is 1380 g/mol. The number of phosphoric acid groups is 2. The van der Waals surface area contributed by atoms with Crippen molar-refractivity contribution in [3.63, 3.8) is 0 Å². The summed E-state index contributed by atoms with van der Waals surface area (Å²) in [6.45, 7) is 14.2. The van der Waals surface area contributed by atoms with Crippen LogP contribution in [0.5, 0.6) is 0 Å². The van der Waals surface area contributed by atoms with Gasteiger partial charge in [-0.3, -0.25) is 37.3 Å². The van der Waals surface area contributed by atoms with Crippen molar-refractivity contribution in [1.82, 2.24) is 0 Å². The van der Waals surface area contributed by atoms with Gasteiger partial charge in [-0.25, -0.2) is 9.13 Å². The lowest BCUT2D eigenvalue weighted by atomic mass is 9.99. The van der Waals surface area contributed by atoms with Gasteiger partial charge in [0.2, 0.25) is 0 Å². The van der Waals surface area contributed by atoms with Gasteiger partial charge in [-0.2, -0.15) is 0 Å². The van der Waals surface area contributed by atoms with Crippen LogP contribution >= 0.6 is 15.6 Å². The van der Waals surface area contributed by atoms with Crippen molar-refractivity contribution >= 4 is 39.5 Å². The summed E-state index contributed by atoms with van der Waals surface area (Å²) in [6, 6.07) is 0. The average Bonchev–Trinajstić information content (AvgIpc) is 1.16. The second-order valence-corrected chi connectivity index (χ2v) is 31.6. The van der Waals surface area contributed by atoms with Gasteiger partial charge >= 0.3 is 39.5 Å². The SMILES string of the molecule is CCC(C)CCCCCCCCCCCCCCCCC(=O)O[C@H](COC(=O)CCCCCCCCCC(C)C)COP(=O)(O)OCC(O)COP(=O)(O)OC[C@@H](COC(=O)CCCCCCCCCC(C)C)OC(=O)CCCCCCCCCCCCCCCC(C)C. The molecular weight excluding hydrogens is 1230 g/mol. The molecule has 0 saturated carbocycles. The molecule has 4 unspecified atom stereocenters. The first-order valence-corrected chi connectivity index (χ1v) is 41.7. The Labute approximate surface area is 575 Å². The molecule has 0 amide bonds. The number of carbonyl (C=O) groups is 4. The van der Waals surface area contributed by atoms with Crippen molar-refractivity contribution in [3.05, 3.63) is 0 Å². The molecule has 17 nitrogen and oxygen atoms in total. The number of esters is 4. The second-order valence-electron chi connectivity index (χ2n) is 28.7. The molecule has 6 atom stereocenters. The standard InChI is InChI=1S/C75H146O17P2/c1-9-68(8)54-46-38-30-22-18-14-10-11-15-19-23-31-41-49-57-74(79)91-70(61-85-72(77)55-47-39-33-25-28-36-44-52-66(4)5)63-89-93(81,82)87-59-69(76)60-88-94(83,84)90-64-71(62-86-73(78)56-48-40-34-26-29-37-45-53-67(6)7)92-75(80)58-50-42-32-24-20-16-12-13-17-21-27-35-43-51-65(2)3/h65-71,76H,9-64H2,1-8H3,(H,81,82)(H,83,84)/t68?,69?,70-,71-/m1/s1. The number of ether oxygens (including phenoxy) is 4. The van der Waals surface area contributed by atoms with Crippen LogP contribution < -0.4 is 0 Å². The number of hydrogen-bond donors (Lipinski definition) is 3. The zero-order chi connectivity index (χ0) is 69.6. The molecule has 0 rings (SSSR count). The third kappa shape index (κ3) is 67.3. The van der Waals surface area contributed by atoms with Gasteiger partial charge in [-0.15, -0.1) is 0 Å². The summed E-state index contributed by atoms with van der Waals surface area (Å²) in [7, 11) is -9.91. The largest absolute Gasteiger partial charge is 0.472 e. The van der Waals surface area contributed by atoms with Crippen molar-refractivity contribution in [3.8, 4) is 0 Å². The number of unbranched alkanes of at least 4 members (excludes halogenated alkanes) is 37. The van der Waals surface area contributed by atoms with Crippen LogP contribution in [0.3, 0.4) is 0 Å². The van der Waals surface area contributed by atoms with Gasteiger partial charge in [0.25, 0.3) is 0 Å². The number of aliphatic hydroxyl groups excluding tert-OH is 1. The van der Waals surface area contributed by atoms with E-state index < -0.39 is 97.5 Å². The molecule has 0 aromatic heterocycles. The molecule has 0 aliphatic carbocycles. The van der Waals surface area contributed by atoms with Crippen LogP contribution in [0.25, 0.3) is 0 Å². The molecule has 0 saturated heterocycles. The second kappa shape index (κ2) is 64.4. The van der Waals surface area contributed by atoms with E-state index in [2.05, 4.69) is 55.4 Å². The first-order valence-electron chi connectivity index (χ1n) is 38.7. The van der Waals surface area contributed by atoms with Crippen LogP contribution in [0.1, 0.15) is 376 Å². The maximum atomic E-state index is 13.1. The fraction of sp³-hybridized carbons (Fsp3) is 0.947. The summed E-state index contributed by atoms with van der Waals surface area (Å²) in [5.41, 5.74) is 0. The van der Waals surface area contributed by atoms with E-state index in [0.29, 0.717) is 37.5 Å². The van der Waals surface area contributed by atoms with Crippen molar-refractivity contribution in [2.45, 2.75) is 395 Å². The van der Waals surface area contributed by atoms with E-state index in [4.69, 9.17) is 37.0 Å². The van der Waals surface area contributed by atoms with E-state index in [0.717, 1.165) is 115 Å². The van der Waals surface area contributed by atoms with Gasteiger partial charge in [-0.1, -0.05) is 325 Å². The highest BCUT2D eigenvalue weighted by atomic mass is 31.2. The topological polar surface area (TPSA) is 237 Å². The lowest BCUT2D eigenvalue weighted by molar-refractivity contribution is -0.161. The molecule has 0 aliphatic rings. The Morgan fingerprint density at radius 1 is 0.298 bits per heavy atom. The third-order valence-corrected chi connectivity index (χ3v) is 19.6. The summed E-state index contributed by atoms with van der Waals surface area (Å²) in [6.07, 6.45) is 48.7. The highest BCUT2D eigenvalue weighted by molar-refractivity contribution is 7.47. The minimum atomic E-state index is -4.96. The van der Waals surface area contributed by atoms with Crippen molar-refractivity contribution in [2.24, 2.45) is 23.7 Å². The maximum Gasteiger partial charge on any atom is 0.472 e.